The standard InChI is InChI=1S/C15H12N4S/c1-10-14(8-17)15(19-11(2)18-10)20-9-13-6-4-3-5-12(13)7-16/h3-6H,9H2,1-2H3. The minimum Gasteiger partial charge on any atom is -0.237 e. The molecule has 2 rings (SSSR count). The molecular weight excluding hydrogens is 268 g/mol. The molecule has 4 nitrogen and oxygen atoms in total. The van der Waals surface area contributed by atoms with Gasteiger partial charge in [0.1, 0.15) is 22.5 Å². The summed E-state index contributed by atoms with van der Waals surface area (Å²) < 4.78 is 0. The van der Waals surface area contributed by atoms with Gasteiger partial charge in [-0.05, 0) is 25.5 Å². The first-order valence-electron chi connectivity index (χ1n) is 6.02. The molecule has 5 heteroatoms. The Morgan fingerprint density at radius 1 is 1.10 bits per heavy atom. The van der Waals surface area contributed by atoms with Gasteiger partial charge < -0.3 is 0 Å². The van der Waals surface area contributed by atoms with Crippen LogP contribution in [-0.2, 0) is 5.75 Å². The average molecular weight is 280 g/mol. The van der Waals surface area contributed by atoms with Crippen molar-refractivity contribution < 1.29 is 0 Å². The molecular formula is C15H12N4S. The Morgan fingerprint density at radius 2 is 1.85 bits per heavy atom. The summed E-state index contributed by atoms with van der Waals surface area (Å²) in [6.45, 7) is 3.61. The summed E-state index contributed by atoms with van der Waals surface area (Å²) in [6, 6.07) is 11.8. The molecule has 0 bridgehead atoms. The van der Waals surface area contributed by atoms with Crippen molar-refractivity contribution in [3.63, 3.8) is 0 Å². The fourth-order valence-electron chi connectivity index (χ4n) is 1.82. The number of aryl methyl sites for hydroxylation is 2. The van der Waals surface area contributed by atoms with E-state index in [-0.39, 0.29) is 0 Å². The van der Waals surface area contributed by atoms with Crippen molar-refractivity contribution in [2.45, 2.75) is 24.6 Å². The van der Waals surface area contributed by atoms with E-state index in [1.54, 1.807) is 19.9 Å². The van der Waals surface area contributed by atoms with Crippen LogP contribution in [0.1, 0.15) is 28.2 Å². The van der Waals surface area contributed by atoms with E-state index in [1.165, 1.54) is 11.8 Å². The zero-order valence-electron chi connectivity index (χ0n) is 11.2. The topological polar surface area (TPSA) is 73.4 Å². The number of nitriles is 2. The van der Waals surface area contributed by atoms with Gasteiger partial charge in [-0.15, -0.1) is 11.8 Å². The molecule has 1 heterocycles. The zero-order chi connectivity index (χ0) is 14.5. The van der Waals surface area contributed by atoms with E-state index in [2.05, 4.69) is 22.1 Å². The van der Waals surface area contributed by atoms with Crippen LogP contribution in [0.3, 0.4) is 0 Å². The summed E-state index contributed by atoms with van der Waals surface area (Å²) >= 11 is 1.46. The second-order valence-electron chi connectivity index (χ2n) is 4.21. The van der Waals surface area contributed by atoms with Crippen LogP contribution in [-0.4, -0.2) is 9.97 Å². The Kier molecular flexibility index (Phi) is 4.34. The largest absolute Gasteiger partial charge is 0.237 e. The Bertz CT molecular complexity index is 726. The first-order chi connectivity index (χ1) is 9.65. The molecule has 0 N–H and O–H groups in total. The lowest BCUT2D eigenvalue weighted by Crippen LogP contribution is -1.99. The molecule has 0 spiro atoms. The SMILES string of the molecule is Cc1nc(C)c(C#N)c(SCc2ccccc2C#N)n1. The van der Waals surface area contributed by atoms with Crippen molar-refractivity contribution >= 4 is 11.8 Å². The Morgan fingerprint density at radius 3 is 2.55 bits per heavy atom. The molecule has 0 aliphatic rings. The van der Waals surface area contributed by atoms with Gasteiger partial charge in [0.15, 0.2) is 0 Å². The second-order valence-corrected chi connectivity index (χ2v) is 5.17. The first-order valence-corrected chi connectivity index (χ1v) is 7.00. The maximum absolute atomic E-state index is 9.19. The predicted molar refractivity (Wildman–Crippen MR) is 76.9 cm³/mol. The third kappa shape index (κ3) is 2.96. The van der Waals surface area contributed by atoms with E-state index in [4.69, 9.17) is 5.26 Å². The lowest BCUT2D eigenvalue weighted by Gasteiger charge is -2.07. The predicted octanol–water partition coefficient (Wildman–Crippen LogP) is 3.13. The number of benzene rings is 1. The molecule has 0 radical (unpaired) electrons. The van der Waals surface area contributed by atoms with Crippen molar-refractivity contribution in [2.75, 3.05) is 0 Å². The van der Waals surface area contributed by atoms with Crippen LogP contribution in [0.2, 0.25) is 0 Å². The van der Waals surface area contributed by atoms with Crippen LogP contribution in [0.5, 0.6) is 0 Å². The lowest BCUT2D eigenvalue weighted by atomic mass is 10.1. The van der Waals surface area contributed by atoms with Gasteiger partial charge >= 0.3 is 0 Å². The quantitative estimate of drug-likeness (QED) is 0.638. The summed E-state index contributed by atoms with van der Waals surface area (Å²) in [4.78, 5) is 8.52. The van der Waals surface area contributed by atoms with Crippen molar-refractivity contribution in [3.05, 3.63) is 52.5 Å². The van der Waals surface area contributed by atoms with Gasteiger partial charge in [-0.2, -0.15) is 10.5 Å². The molecule has 0 aliphatic carbocycles. The van der Waals surface area contributed by atoms with E-state index in [1.807, 2.05) is 18.2 Å². The van der Waals surface area contributed by atoms with Crippen molar-refractivity contribution in [1.29, 1.82) is 10.5 Å². The molecule has 0 saturated heterocycles. The van der Waals surface area contributed by atoms with E-state index >= 15 is 0 Å². The number of aromatic nitrogens is 2. The van der Waals surface area contributed by atoms with Gasteiger partial charge in [-0.1, -0.05) is 18.2 Å². The van der Waals surface area contributed by atoms with E-state index in [9.17, 15) is 5.26 Å². The molecule has 2 aromatic rings. The summed E-state index contributed by atoms with van der Waals surface area (Å²) in [5.41, 5.74) is 2.80. The summed E-state index contributed by atoms with van der Waals surface area (Å²) in [7, 11) is 0. The molecule has 1 aromatic carbocycles. The van der Waals surface area contributed by atoms with Crippen LogP contribution in [0.25, 0.3) is 0 Å². The molecule has 0 amide bonds. The summed E-state index contributed by atoms with van der Waals surface area (Å²) in [5, 5.41) is 18.9. The Balaban J connectivity index is 2.28. The van der Waals surface area contributed by atoms with Crippen LogP contribution in [0, 0.1) is 36.5 Å². The van der Waals surface area contributed by atoms with Crippen molar-refractivity contribution in [3.8, 4) is 12.1 Å². The number of rotatable bonds is 3. The molecule has 20 heavy (non-hydrogen) atoms. The van der Waals surface area contributed by atoms with Gasteiger partial charge in [-0.3, -0.25) is 0 Å². The van der Waals surface area contributed by atoms with E-state index < -0.39 is 0 Å². The molecule has 0 atom stereocenters. The fourth-order valence-corrected chi connectivity index (χ4v) is 2.89. The highest BCUT2D eigenvalue weighted by molar-refractivity contribution is 7.98. The maximum atomic E-state index is 9.19. The third-order valence-corrected chi connectivity index (χ3v) is 3.81. The molecule has 0 unspecified atom stereocenters. The third-order valence-electron chi connectivity index (χ3n) is 2.78. The van der Waals surface area contributed by atoms with Gasteiger partial charge in [0.25, 0.3) is 0 Å². The second kappa shape index (κ2) is 6.18. The van der Waals surface area contributed by atoms with Gasteiger partial charge in [0.2, 0.25) is 0 Å². The van der Waals surface area contributed by atoms with Crippen molar-refractivity contribution in [1.82, 2.24) is 9.97 Å². The van der Waals surface area contributed by atoms with Crippen LogP contribution in [0.15, 0.2) is 29.3 Å². The zero-order valence-corrected chi connectivity index (χ0v) is 12.0. The minimum atomic E-state index is 0.509. The maximum Gasteiger partial charge on any atom is 0.126 e. The highest BCUT2D eigenvalue weighted by atomic mass is 32.2. The molecule has 0 fully saturated rings. The van der Waals surface area contributed by atoms with Crippen LogP contribution in [0.4, 0.5) is 0 Å². The van der Waals surface area contributed by atoms with E-state index in [0.29, 0.717) is 33.4 Å². The highest BCUT2D eigenvalue weighted by Gasteiger charge is 2.11. The molecule has 0 aliphatic heterocycles. The first kappa shape index (κ1) is 14.0. The smallest absolute Gasteiger partial charge is 0.126 e. The Labute approximate surface area is 122 Å². The van der Waals surface area contributed by atoms with Gasteiger partial charge in [0, 0.05) is 5.75 Å². The minimum absolute atomic E-state index is 0.509. The molecule has 0 saturated carbocycles. The van der Waals surface area contributed by atoms with Crippen LogP contribution < -0.4 is 0 Å². The number of nitrogens with zero attached hydrogens (tertiary/aromatic N) is 4. The average Bonchev–Trinajstić information content (AvgIpc) is 2.45. The fraction of sp³-hybridized carbons (Fsp3) is 0.200. The molecule has 98 valence electrons. The van der Waals surface area contributed by atoms with E-state index in [0.717, 1.165) is 5.56 Å². The lowest BCUT2D eigenvalue weighted by molar-refractivity contribution is 0.923. The normalized spacial score (nSPS) is 9.80. The van der Waals surface area contributed by atoms with Crippen LogP contribution >= 0.6 is 11.8 Å². The van der Waals surface area contributed by atoms with Crippen molar-refractivity contribution in [2.24, 2.45) is 0 Å². The molecule has 1 aromatic heterocycles. The highest BCUT2D eigenvalue weighted by Crippen LogP contribution is 2.26. The van der Waals surface area contributed by atoms with Gasteiger partial charge in [-0.25, -0.2) is 9.97 Å². The number of thioether (sulfide) groups is 1. The summed E-state index contributed by atoms with van der Waals surface area (Å²) in [6.07, 6.45) is 0. The van der Waals surface area contributed by atoms with Gasteiger partial charge in [0.05, 0.1) is 17.3 Å². The summed E-state index contributed by atoms with van der Waals surface area (Å²) in [5.74, 6) is 1.26. The number of hydrogen-bond donors (Lipinski definition) is 0. The number of hydrogen-bond acceptors (Lipinski definition) is 5. The monoisotopic (exact) mass is 280 g/mol. The Hall–Kier alpha value is -2.37.